The Kier molecular flexibility index (Phi) is 4.30. The predicted molar refractivity (Wildman–Crippen MR) is 93.3 cm³/mol. The Morgan fingerprint density at radius 1 is 1.00 bits per heavy atom. The summed E-state index contributed by atoms with van der Waals surface area (Å²) in [5.74, 6) is 4.23. The monoisotopic (exact) mass is 354 g/mol. The fraction of sp³-hybridized carbons (Fsp3) is 0.944. The lowest BCUT2D eigenvalue weighted by atomic mass is 9.52. The zero-order chi connectivity index (χ0) is 16.9. The van der Waals surface area contributed by atoms with Gasteiger partial charge in [-0.1, -0.05) is 0 Å². The number of carbonyl (C=O) groups excluding carboxylic acids is 1. The van der Waals surface area contributed by atoms with E-state index in [1.807, 2.05) is 0 Å². The van der Waals surface area contributed by atoms with Crippen LogP contribution in [-0.4, -0.2) is 38.0 Å². The van der Waals surface area contributed by atoms with E-state index < -0.39 is 9.84 Å². The molecule has 4 aliphatic carbocycles. The molecular weight excluding hydrogens is 324 g/mol. The number of rotatable bonds is 3. The van der Waals surface area contributed by atoms with Gasteiger partial charge in [0.1, 0.15) is 0 Å². The van der Waals surface area contributed by atoms with Gasteiger partial charge in [-0.25, -0.2) is 13.2 Å². The van der Waals surface area contributed by atoms with Gasteiger partial charge < -0.3 is 10.6 Å². The molecule has 2 amide bonds. The first-order valence-corrected chi connectivity index (χ1v) is 11.4. The van der Waals surface area contributed by atoms with Crippen molar-refractivity contribution in [2.75, 3.05) is 12.3 Å². The van der Waals surface area contributed by atoms with Gasteiger partial charge in [0.2, 0.25) is 0 Å². The molecule has 5 nitrogen and oxygen atoms in total. The highest BCUT2D eigenvalue weighted by molar-refractivity contribution is 7.92. The molecule has 0 aromatic carbocycles. The summed E-state index contributed by atoms with van der Waals surface area (Å²) in [4.78, 5) is 12.2. The summed E-state index contributed by atoms with van der Waals surface area (Å²) in [5.41, 5.74) is 0. The topological polar surface area (TPSA) is 75.3 Å². The third kappa shape index (κ3) is 3.18. The first-order chi connectivity index (χ1) is 11.4. The number of sulfone groups is 1. The lowest BCUT2D eigenvalue weighted by molar-refractivity contribution is -0.0343. The summed E-state index contributed by atoms with van der Waals surface area (Å²) >= 11 is 0. The molecule has 2 atom stereocenters. The highest BCUT2D eigenvalue weighted by atomic mass is 32.2. The van der Waals surface area contributed by atoms with Crippen LogP contribution in [0, 0.1) is 29.6 Å². The van der Waals surface area contributed by atoms with E-state index in [4.69, 9.17) is 0 Å². The fourth-order valence-electron chi connectivity index (χ4n) is 6.08. The van der Waals surface area contributed by atoms with Crippen LogP contribution in [0.1, 0.15) is 51.9 Å². The van der Waals surface area contributed by atoms with Crippen molar-refractivity contribution >= 4 is 15.9 Å². The first-order valence-electron chi connectivity index (χ1n) is 9.66. The number of hydrogen-bond donors (Lipinski definition) is 2. The molecule has 0 aromatic rings. The van der Waals surface area contributed by atoms with Gasteiger partial charge in [-0.05, 0) is 81.5 Å². The first kappa shape index (κ1) is 16.7. The predicted octanol–water partition coefficient (Wildman–Crippen LogP) is 2.32. The lowest BCUT2D eigenvalue weighted by Crippen LogP contribution is -2.52. The fourth-order valence-corrected chi connectivity index (χ4v) is 7.71. The number of amides is 2. The zero-order valence-corrected chi connectivity index (χ0v) is 15.4. The van der Waals surface area contributed by atoms with E-state index in [2.05, 4.69) is 10.6 Å². The molecule has 0 radical (unpaired) electrons. The average molecular weight is 355 g/mol. The molecular formula is C18H30N2O3S. The minimum absolute atomic E-state index is 0.0830. The van der Waals surface area contributed by atoms with Crippen molar-refractivity contribution in [1.82, 2.24) is 10.6 Å². The Morgan fingerprint density at radius 3 is 2.21 bits per heavy atom. The number of carbonyl (C=O) groups is 1. The van der Waals surface area contributed by atoms with E-state index in [9.17, 15) is 13.2 Å². The molecule has 4 saturated carbocycles. The van der Waals surface area contributed by atoms with Gasteiger partial charge >= 0.3 is 6.03 Å². The van der Waals surface area contributed by atoms with Gasteiger partial charge in [-0.15, -0.1) is 0 Å². The molecule has 6 heteroatoms. The Labute approximate surface area is 145 Å². The summed E-state index contributed by atoms with van der Waals surface area (Å²) < 4.78 is 23.9. The normalized spacial score (nSPS) is 45.8. The Bertz CT molecular complexity index is 575. The maximum absolute atomic E-state index is 12.2. The Balaban J connectivity index is 1.27. The van der Waals surface area contributed by atoms with Crippen LogP contribution in [0.25, 0.3) is 0 Å². The molecule has 0 aromatic heterocycles. The maximum atomic E-state index is 12.2. The van der Waals surface area contributed by atoms with Crippen molar-refractivity contribution in [2.45, 2.75) is 63.2 Å². The van der Waals surface area contributed by atoms with E-state index in [-0.39, 0.29) is 23.1 Å². The van der Waals surface area contributed by atoms with Crippen molar-refractivity contribution < 1.29 is 13.2 Å². The molecule has 2 N–H and O–H groups in total. The van der Waals surface area contributed by atoms with Gasteiger partial charge in [-0.3, -0.25) is 0 Å². The molecule has 5 fully saturated rings. The highest BCUT2D eigenvalue weighted by Crippen LogP contribution is 2.56. The molecule has 5 rings (SSSR count). The minimum atomic E-state index is -3.05. The van der Waals surface area contributed by atoms with Gasteiger partial charge in [0, 0.05) is 12.6 Å². The molecule has 24 heavy (non-hydrogen) atoms. The van der Waals surface area contributed by atoms with Gasteiger partial charge in [0.05, 0.1) is 11.0 Å². The van der Waals surface area contributed by atoms with E-state index >= 15 is 0 Å². The summed E-state index contributed by atoms with van der Waals surface area (Å²) in [6.45, 7) is 2.52. The van der Waals surface area contributed by atoms with E-state index in [0.717, 1.165) is 36.6 Å². The third-order valence-electron chi connectivity index (χ3n) is 7.22. The Morgan fingerprint density at radius 2 is 1.62 bits per heavy atom. The number of urea groups is 1. The molecule has 4 bridgehead atoms. The molecule has 5 aliphatic rings. The zero-order valence-electron chi connectivity index (χ0n) is 14.5. The second kappa shape index (κ2) is 6.19. The molecule has 1 aliphatic heterocycles. The molecule has 2 unspecified atom stereocenters. The van der Waals surface area contributed by atoms with Crippen molar-refractivity contribution in [2.24, 2.45) is 29.6 Å². The van der Waals surface area contributed by atoms with Crippen molar-refractivity contribution in [3.8, 4) is 0 Å². The van der Waals surface area contributed by atoms with E-state index in [1.54, 1.807) is 6.92 Å². The summed E-state index contributed by atoms with van der Waals surface area (Å²) in [6.07, 6.45) is 8.29. The third-order valence-corrected chi connectivity index (χ3v) is 9.55. The summed E-state index contributed by atoms with van der Waals surface area (Å²) in [5, 5.41) is 5.67. The van der Waals surface area contributed by atoms with Crippen LogP contribution < -0.4 is 10.6 Å². The molecule has 0 spiro atoms. The maximum Gasteiger partial charge on any atom is 0.315 e. The van der Waals surface area contributed by atoms with Crippen molar-refractivity contribution in [1.29, 1.82) is 0 Å². The average Bonchev–Trinajstić information content (AvgIpc) is 2.49. The number of hydrogen-bond acceptors (Lipinski definition) is 3. The SMILES string of the molecule is CC1CCC(NC(=O)NCC2C3CC4CC(C3)CC2C4)CS1(=O)=O. The Hall–Kier alpha value is -0.780. The van der Waals surface area contributed by atoms with Crippen molar-refractivity contribution in [3.05, 3.63) is 0 Å². The van der Waals surface area contributed by atoms with Gasteiger partial charge in [0.25, 0.3) is 0 Å². The molecule has 1 saturated heterocycles. The number of nitrogens with one attached hydrogen (secondary N) is 2. The van der Waals surface area contributed by atoms with Crippen LogP contribution in [0.5, 0.6) is 0 Å². The second-order valence-electron chi connectivity index (χ2n) is 8.86. The van der Waals surface area contributed by atoms with Crippen LogP contribution in [0.3, 0.4) is 0 Å². The van der Waals surface area contributed by atoms with Crippen LogP contribution in [-0.2, 0) is 9.84 Å². The van der Waals surface area contributed by atoms with E-state index in [0.29, 0.717) is 12.3 Å². The second-order valence-corrected chi connectivity index (χ2v) is 11.3. The quantitative estimate of drug-likeness (QED) is 0.817. The van der Waals surface area contributed by atoms with Crippen LogP contribution in [0.15, 0.2) is 0 Å². The smallest absolute Gasteiger partial charge is 0.315 e. The van der Waals surface area contributed by atoms with Gasteiger partial charge in [-0.2, -0.15) is 0 Å². The van der Waals surface area contributed by atoms with Crippen LogP contribution in [0.2, 0.25) is 0 Å². The van der Waals surface area contributed by atoms with Crippen LogP contribution >= 0.6 is 0 Å². The van der Waals surface area contributed by atoms with Crippen LogP contribution in [0.4, 0.5) is 4.79 Å². The summed E-state index contributed by atoms with van der Waals surface area (Å²) in [7, 11) is -3.05. The standard InChI is InChI=1S/C18H30N2O3S/c1-11-2-3-16(10-24(11,22)23)20-18(21)19-9-17-14-5-12-4-13(7-14)8-15(17)6-12/h11-17H,2-10H2,1H3,(H2,19,20,21). The highest BCUT2D eigenvalue weighted by Gasteiger charge is 2.48. The van der Waals surface area contributed by atoms with Gasteiger partial charge in [0.15, 0.2) is 9.84 Å². The minimum Gasteiger partial charge on any atom is -0.338 e. The molecule has 136 valence electrons. The molecule has 1 heterocycles. The largest absolute Gasteiger partial charge is 0.338 e. The van der Waals surface area contributed by atoms with E-state index in [1.165, 1.54) is 32.1 Å². The lowest BCUT2D eigenvalue weighted by Gasteiger charge is -2.54. The van der Waals surface area contributed by atoms with Crippen molar-refractivity contribution in [3.63, 3.8) is 0 Å². The summed E-state index contributed by atoms with van der Waals surface area (Å²) in [6, 6.07) is -0.414.